The molecule has 0 atom stereocenters. The molecule has 1 aliphatic heterocycles. The van der Waals surface area contributed by atoms with E-state index in [1.54, 1.807) is 37.6 Å². The molecule has 0 saturated carbocycles. The molecular formula is C17H18F3N3O2. The molecular weight excluding hydrogens is 335 g/mol. The third-order valence-corrected chi connectivity index (χ3v) is 3.67. The van der Waals surface area contributed by atoms with E-state index in [1.165, 1.54) is 11.0 Å². The van der Waals surface area contributed by atoms with Crippen LogP contribution < -0.4 is 4.90 Å². The third kappa shape index (κ3) is 3.62. The summed E-state index contributed by atoms with van der Waals surface area (Å²) < 4.78 is 45.6. The number of carbonyl (C=O) groups excluding carboxylic acids is 1. The van der Waals surface area contributed by atoms with Gasteiger partial charge in [0.2, 0.25) is 0 Å². The number of aromatic nitrogens is 2. The molecule has 2 aromatic rings. The standard InChI is InChI=1S/C17H18F3N3O2/c1-16(2,3)25-15(24)22-7-8-23-14(22)10-13(21-23)11-5-4-6-12(9-11)17(18,19)20/h4-6,9-10H,7-8H2,1-3H3. The zero-order valence-corrected chi connectivity index (χ0v) is 14.1. The predicted molar refractivity (Wildman–Crippen MR) is 86.2 cm³/mol. The van der Waals surface area contributed by atoms with Crippen molar-refractivity contribution >= 4 is 11.9 Å². The summed E-state index contributed by atoms with van der Waals surface area (Å²) in [6.07, 6.45) is -4.91. The molecule has 0 spiro atoms. The minimum absolute atomic E-state index is 0.348. The summed E-state index contributed by atoms with van der Waals surface area (Å²) in [6.45, 7) is 6.19. The van der Waals surface area contributed by atoms with Crippen molar-refractivity contribution < 1.29 is 22.7 Å². The van der Waals surface area contributed by atoms with Crippen molar-refractivity contribution in [1.29, 1.82) is 0 Å². The number of ether oxygens (including phenoxy) is 1. The zero-order valence-electron chi connectivity index (χ0n) is 14.1. The average molecular weight is 353 g/mol. The Kier molecular flexibility index (Phi) is 4.01. The highest BCUT2D eigenvalue weighted by atomic mass is 19.4. The zero-order chi connectivity index (χ0) is 18.4. The summed E-state index contributed by atoms with van der Waals surface area (Å²) in [6, 6.07) is 6.57. The number of carbonyl (C=O) groups is 1. The lowest BCUT2D eigenvalue weighted by atomic mass is 10.1. The molecule has 0 aliphatic carbocycles. The van der Waals surface area contributed by atoms with Gasteiger partial charge in [0.05, 0.1) is 24.3 Å². The molecule has 0 bridgehead atoms. The fraction of sp³-hybridized carbons (Fsp3) is 0.412. The summed E-state index contributed by atoms with van der Waals surface area (Å²) in [5.74, 6) is 0.515. The van der Waals surface area contributed by atoms with E-state index in [0.29, 0.717) is 30.2 Å². The van der Waals surface area contributed by atoms with Crippen molar-refractivity contribution in [2.24, 2.45) is 0 Å². The SMILES string of the molecule is CC(C)(C)OC(=O)N1CCn2nc(-c3cccc(C(F)(F)F)c3)cc21. The quantitative estimate of drug-likeness (QED) is 0.767. The largest absolute Gasteiger partial charge is 0.443 e. The van der Waals surface area contributed by atoms with Crippen LogP contribution in [0.5, 0.6) is 0 Å². The van der Waals surface area contributed by atoms with Gasteiger partial charge in [0, 0.05) is 11.6 Å². The van der Waals surface area contributed by atoms with Gasteiger partial charge < -0.3 is 4.74 Å². The molecule has 8 heteroatoms. The monoisotopic (exact) mass is 353 g/mol. The molecule has 0 fully saturated rings. The maximum Gasteiger partial charge on any atom is 0.416 e. The molecule has 0 unspecified atom stereocenters. The molecule has 1 aromatic carbocycles. The first-order valence-electron chi connectivity index (χ1n) is 7.80. The Bertz CT molecular complexity index is 806. The first-order valence-corrected chi connectivity index (χ1v) is 7.80. The van der Waals surface area contributed by atoms with E-state index in [2.05, 4.69) is 5.10 Å². The summed E-state index contributed by atoms with van der Waals surface area (Å²) in [4.78, 5) is 13.7. The Morgan fingerprint density at radius 3 is 2.52 bits per heavy atom. The van der Waals surface area contributed by atoms with Crippen molar-refractivity contribution in [3.8, 4) is 11.3 Å². The van der Waals surface area contributed by atoms with Gasteiger partial charge >= 0.3 is 12.3 Å². The first-order chi connectivity index (χ1) is 11.5. The molecule has 1 aromatic heterocycles. The second kappa shape index (κ2) is 5.79. The highest BCUT2D eigenvalue weighted by molar-refractivity contribution is 5.88. The summed E-state index contributed by atoms with van der Waals surface area (Å²) in [5, 5.41) is 4.31. The normalized spacial score (nSPS) is 14.6. The molecule has 0 N–H and O–H groups in total. The first kappa shape index (κ1) is 17.3. The Labute approximate surface area is 143 Å². The van der Waals surface area contributed by atoms with E-state index >= 15 is 0 Å². The average Bonchev–Trinajstić information content (AvgIpc) is 3.04. The number of hydrogen-bond acceptors (Lipinski definition) is 3. The molecule has 0 radical (unpaired) electrons. The van der Waals surface area contributed by atoms with Crippen LogP contribution in [-0.4, -0.2) is 28.0 Å². The number of amides is 1. The number of nitrogens with zero attached hydrogens (tertiary/aromatic N) is 3. The van der Waals surface area contributed by atoms with Gasteiger partial charge in [-0.05, 0) is 32.9 Å². The second-order valence-corrected chi connectivity index (χ2v) is 6.82. The second-order valence-electron chi connectivity index (χ2n) is 6.82. The van der Waals surface area contributed by atoms with E-state index in [4.69, 9.17) is 4.74 Å². The van der Waals surface area contributed by atoms with Crippen molar-refractivity contribution in [3.05, 3.63) is 35.9 Å². The van der Waals surface area contributed by atoms with Gasteiger partial charge in [-0.15, -0.1) is 0 Å². The van der Waals surface area contributed by atoms with Crippen LogP contribution in [-0.2, 0) is 17.5 Å². The Morgan fingerprint density at radius 1 is 1.16 bits per heavy atom. The molecule has 1 amide bonds. The van der Waals surface area contributed by atoms with E-state index in [0.717, 1.165) is 12.1 Å². The lowest BCUT2D eigenvalue weighted by molar-refractivity contribution is -0.137. The van der Waals surface area contributed by atoms with Gasteiger partial charge in [0.15, 0.2) is 0 Å². The summed E-state index contributed by atoms with van der Waals surface area (Å²) >= 11 is 0. The minimum Gasteiger partial charge on any atom is -0.443 e. The van der Waals surface area contributed by atoms with Crippen LogP contribution in [0.2, 0.25) is 0 Å². The van der Waals surface area contributed by atoms with Crippen LogP contribution >= 0.6 is 0 Å². The van der Waals surface area contributed by atoms with E-state index < -0.39 is 23.4 Å². The fourth-order valence-electron chi connectivity index (χ4n) is 2.60. The van der Waals surface area contributed by atoms with E-state index in [9.17, 15) is 18.0 Å². The molecule has 25 heavy (non-hydrogen) atoms. The molecule has 134 valence electrons. The van der Waals surface area contributed by atoms with Crippen LogP contribution in [0.25, 0.3) is 11.3 Å². The number of alkyl halides is 3. The maximum absolute atomic E-state index is 12.9. The Morgan fingerprint density at radius 2 is 1.88 bits per heavy atom. The van der Waals surface area contributed by atoms with Crippen LogP contribution in [0.15, 0.2) is 30.3 Å². The van der Waals surface area contributed by atoms with Gasteiger partial charge in [0.1, 0.15) is 11.4 Å². The lowest BCUT2D eigenvalue weighted by Gasteiger charge is -2.23. The van der Waals surface area contributed by atoms with Crippen molar-refractivity contribution in [1.82, 2.24) is 9.78 Å². The van der Waals surface area contributed by atoms with Gasteiger partial charge in [-0.25, -0.2) is 9.48 Å². The molecule has 2 heterocycles. The van der Waals surface area contributed by atoms with Crippen LogP contribution in [0.4, 0.5) is 23.8 Å². The highest BCUT2D eigenvalue weighted by Gasteiger charge is 2.32. The molecule has 0 saturated heterocycles. The number of rotatable bonds is 1. The smallest absolute Gasteiger partial charge is 0.416 e. The maximum atomic E-state index is 12.9. The lowest BCUT2D eigenvalue weighted by Crippen LogP contribution is -2.35. The number of halogens is 3. The highest BCUT2D eigenvalue weighted by Crippen LogP contribution is 2.34. The Hall–Kier alpha value is -2.51. The third-order valence-electron chi connectivity index (χ3n) is 3.67. The number of hydrogen-bond donors (Lipinski definition) is 0. The van der Waals surface area contributed by atoms with E-state index in [-0.39, 0.29) is 0 Å². The van der Waals surface area contributed by atoms with Gasteiger partial charge in [-0.1, -0.05) is 12.1 Å². The number of fused-ring (bicyclic) bond motifs is 1. The number of anilines is 1. The summed E-state index contributed by atoms with van der Waals surface area (Å²) in [7, 11) is 0. The minimum atomic E-state index is -4.42. The van der Waals surface area contributed by atoms with Crippen molar-refractivity contribution in [2.45, 2.75) is 39.1 Å². The van der Waals surface area contributed by atoms with E-state index in [1.807, 2.05) is 0 Å². The predicted octanol–water partition coefficient (Wildman–Crippen LogP) is 4.32. The molecule has 1 aliphatic rings. The van der Waals surface area contributed by atoms with Gasteiger partial charge in [-0.2, -0.15) is 18.3 Å². The van der Waals surface area contributed by atoms with Crippen LogP contribution in [0.3, 0.4) is 0 Å². The van der Waals surface area contributed by atoms with Gasteiger partial charge in [0.25, 0.3) is 0 Å². The van der Waals surface area contributed by atoms with Crippen molar-refractivity contribution in [2.75, 3.05) is 11.4 Å². The summed E-state index contributed by atoms with van der Waals surface area (Å²) in [5.41, 5.74) is -0.633. The molecule has 5 nitrogen and oxygen atoms in total. The Balaban J connectivity index is 1.89. The van der Waals surface area contributed by atoms with Gasteiger partial charge in [-0.3, -0.25) is 4.90 Å². The topological polar surface area (TPSA) is 47.4 Å². The van der Waals surface area contributed by atoms with Crippen LogP contribution in [0.1, 0.15) is 26.3 Å². The fourth-order valence-corrected chi connectivity index (χ4v) is 2.60. The van der Waals surface area contributed by atoms with Crippen molar-refractivity contribution in [3.63, 3.8) is 0 Å². The number of benzene rings is 1. The molecule has 3 rings (SSSR count). The van der Waals surface area contributed by atoms with Crippen LogP contribution in [0, 0.1) is 0 Å².